The molecule has 0 bridgehead atoms. The molecule has 4 atom stereocenters. The van der Waals surface area contributed by atoms with E-state index in [-0.39, 0.29) is 38.6 Å². The smallest absolute Gasteiger partial charge is 0.425 e. The van der Waals surface area contributed by atoms with Crippen LogP contribution in [-0.4, -0.2) is 86.7 Å². The third-order valence-corrected chi connectivity index (χ3v) is 6.35. The standard InChI is InChI=1S/C22H24F6N6O5/c1-11(39-16-8-31-32-18(36)17(16)22(26,27)28)10-38-15-3-5-34(19(15)37)13-2-4-33(9-14(13)35)20-29-6-12(7-30-20)21(23,24)25/h6-8,11,13-15,35H,2-5,9-10H2,1H3,(H,32,36)/t11?,13-,14+,15-/m0/s1. The van der Waals surface area contributed by atoms with Gasteiger partial charge in [-0.05, 0) is 13.3 Å². The number of aliphatic hydroxyl groups is 1. The largest absolute Gasteiger partial charge is 0.486 e. The van der Waals surface area contributed by atoms with Crippen molar-refractivity contribution in [2.75, 3.05) is 31.1 Å². The maximum absolute atomic E-state index is 13.2. The van der Waals surface area contributed by atoms with E-state index in [9.17, 15) is 41.0 Å². The summed E-state index contributed by atoms with van der Waals surface area (Å²) in [5, 5.41) is 15.7. The zero-order valence-electron chi connectivity index (χ0n) is 20.4. The molecule has 17 heteroatoms. The number of β-amino-alcohol motifs (C(OH)–C–C–N with tert-alkyl or cyclic N) is 1. The van der Waals surface area contributed by atoms with E-state index in [1.807, 2.05) is 0 Å². The molecule has 4 heterocycles. The Morgan fingerprint density at radius 1 is 1.08 bits per heavy atom. The topological polar surface area (TPSA) is 134 Å². The molecule has 11 nitrogen and oxygen atoms in total. The number of anilines is 1. The van der Waals surface area contributed by atoms with Gasteiger partial charge < -0.3 is 24.4 Å². The van der Waals surface area contributed by atoms with Gasteiger partial charge in [0.05, 0.1) is 30.5 Å². The number of aromatic amines is 1. The quantitative estimate of drug-likeness (QED) is 0.480. The highest BCUT2D eigenvalue weighted by Gasteiger charge is 2.42. The fraction of sp³-hybridized carbons (Fsp3) is 0.591. The number of nitrogens with zero attached hydrogens (tertiary/aromatic N) is 5. The molecule has 4 rings (SSSR count). The Bertz CT molecular complexity index is 1220. The molecule has 1 unspecified atom stereocenters. The third-order valence-electron chi connectivity index (χ3n) is 6.35. The van der Waals surface area contributed by atoms with Crippen molar-refractivity contribution < 1.29 is 45.7 Å². The van der Waals surface area contributed by atoms with Gasteiger partial charge in [0.25, 0.3) is 11.5 Å². The lowest BCUT2D eigenvalue weighted by Gasteiger charge is -2.40. The Labute approximate surface area is 216 Å². The highest BCUT2D eigenvalue weighted by atomic mass is 19.4. The van der Waals surface area contributed by atoms with E-state index in [1.54, 1.807) is 5.10 Å². The normalized spacial score (nSPS) is 23.3. The van der Waals surface area contributed by atoms with Crippen molar-refractivity contribution in [3.05, 3.63) is 40.1 Å². The van der Waals surface area contributed by atoms with Gasteiger partial charge in [-0.1, -0.05) is 0 Å². The van der Waals surface area contributed by atoms with E-state index in [2.05, 4.69) is 15.1 Å². The number of alkyl halides is 6. The van der Waals surface area contributed by atoms with E-state index >= 15 is 0 Å². The molecule has 2 fully saturated rings. The average Bonchev–Trinajstić information content (AvgIpc) is 3.21. The maximum Gasteiger partial charge on any atom is 0.425 e. The minimum absolute atomic E-state index is 0.0119. The molecule has 2 aliphatic rings. The van der Waals surface area contributed by atoms with Gasteiger partial charge in [-0.3, -0.25) is 9.59 Å². The van der Waals surface area contributed by atoms with Gasteiger partial charge in [0.2, 0.25) is 5.95 Å². The summed E-state index contributed by atoms with van der Waals surface area (Å²) in [4.78, 5) is 34.9. The zero-order chi connectivity index (χ0) is 28.5. The minimum atomic E-state index is -4.97. The summed E-state index contributed by atoms with van der Waals surface area (Å²) in [5.74, 6) is -1.17. The van der Waals surface area contributed by atoms with Crippen molar-refractivity contribution in [1.82, 2.24) is 25.1 Å². The van der Waals surface area contributed by atoms with Crippen molar-refractivity contribution >= 4 is 11.9 Å². The zero-order valence-corrected chi connectivity index (χ0v) is 20.4. The number of amides is 1. The Morgan fingerprint density at radius 3 is 2.38 bits per heavy atom. The van der Waals surface area contributed by atoms with Gasteiger partial charge in [-0.15, -0.1) is 0 Å². The number of carbonyl (C=O) groups is 1. The molecule has 2 saturated heterocycles. The number of aliphatic hydroxyl groups excluding tert-OH is 1. The molecule has 2 N–H and O–H groups in total. The van der Waals surface area contributed by atoms with Crippen LogP contribution in [0.15, 0.2) is 23.4 Å². The summed E-state index contributed by atoms with van der Waals surface area (Å²) in [7, 11) is 0. The molecule has 214 valence electrons. The van der Waals surface area contributed by atoms with Crippen LogP contribution in [0.2, 0.25) is 0 Å². The molecule has 1 amide bonds. The number of nitrogens with one attached hydrogen (secondary N) is 1. The van der Waals surface area contributed by atoms with Crippen LogP contribution in [0.3, 0.4) is 0 Å². The summed E-state index contributed by atoms with van der Waals surface area (Å²) in [6.45, 7) is 1.66. The molecule has 0 saturated carbocycles. The van der Waals surface area contributed by atoms with Crippen LogP contribution in [0.5, 0.6) is 5.75 Å². The van der Waals surface area contributed by atoms with Crippen LogP contribution in [0.4, 0.5) is 32.3 Å². The van der Waals surface area contributed by atoms with Crippen LogP contribution in [0.1, 0.15) is 30.9 Å². The summed E-state index contributed by atoms with van der Waals surface area (Å²) in [6, 6.07) is -0.582. The van der Waals surface area contributed by atoms with Crippen molar-refractivity contribution in [3.8, 4) is 5.75 Å². The molecule has 2 aromatic rings. The first kappa shape index (κ1) is 28.5. The summed E-state index contributed by atoms with van der Waals surface area (Å²) in [5.41, 5.74) is -3.98. The lowest BCUT2D eigenvalue weighted by Crippen LogP contribution is -2.55. The SMILES string of the molecule is CC(CO[C@H]1CCN([C@H]2CCN(c3ncc(C(F)(F)F)cn3)C[C@H]2O)C1=O)Oc1cn[nH]c(=O)c1C(F)(F)F. The molecule has 0 aromatic carbocycles. The van der Waals surface area contributed by atoms with E-state index in [0.29, 0.717) is 18.8 Å². The fourth-order valence-electron chi connectivity index (χ4n) is 4.50. The highest BCUT2D eigenvalue weighted by Crippen LogP contribution is 2.33. The number of hydrogen-bond acceptors (Lipinski definition) is 9. The Kier molecular flexibility index (Phi) is 8.02. The second-order valence-corrected chi connectivity index (χ2v) is 9.15. The van der Waals surface area contributed by atoms with Gasteiger partial charge in [0, 0.05) is 38.4 Å². The first-order valence-electron chi connectivity index (χ1n) is 11.8. The highest BCUT2D eigenvalue weighted by molar-refractivity contribution is 5.83. The van der Waals surface area contributed by atoms with E-state index in [0.717, 1.165) is 6.20 Å². The lowest BCUT2D eigenvalue weighted by atomic mass is 10.0. The fourth-order valence-corrected chi connectivity index (χ4v) is 4.50. The average molecular weight is 566 g/mol. The van der Waals surface area contributed by atoms with E-state index < -0.39 is 65.0 Å². The number of aromatic nitrogens is 4. The molecule has 0 radical (unpaired) electrons. The van der Waals surface area contributed by atoms with Gasteiger partial charge in [-0.2, -0.15) is 31.4 Å². The number of halogens is 6. The lowest BCUT2D eigenvalue weighted by molar-refractivity contribution is -0.143. The molecular weight excluding hydrogens is 542 g/mol. The maximum atomic E-state index is 13.2. The van der Waals surface area contributed by atoms with Crippen LogP contribution in [-0.2, 0) is 21.9 Å². The van der Waals surface area contributed by atoms with Gasteiger partial charge in [-0.25, -0.2) is 15.1 Å². The first-order chi connectivity index (χ1) is 18.3. The Morgan fingerprint density at radius 2 is 1.77 bits per heavy atom. The Hall–Kier alpha value is -3.47. The summed E-state index contributed by atoms with van der Waals surface area (Å²) in [6.07, 6.45) is -9.86. The molecule has 2 aliphatic heterocycles. The van der Waals surface area contributed by atoms with Gasteiger partial charge >= 0.3 is 12.4 Å². The van der Waals surface area contributed by atoms with Crippen molar-refractivity contribution in [3.63, 3.8) is 0 Å². The van der Waals surface area contributed by atoms with Gasteiger partial charge in [0.1, 0.15) is 12.2 Å². The third kappa shape index (κ3) is 6.41. The molecule has 39 heavy (non-hydrogen) atoms. The molecule has 0 aliphatic carbocycles. The summed E-state index contributed by atoms with van der Waals surface area (Å²) >= 11 is 0. The van der Waals surface area contributed by atoms with Crippen molar-refractivity contribution in [2.24, 2.45) is 0 Å². The second kappa shape index (κ2) is 11.0. The van der Waals surface area contributed by atoms with Crippen molar-refractivity contribution in [1.29, 1.82) is 0 Å². The number of carbonyl (C=O) groups excluding carboxylic acids is 1. The second-order valence-electron chi connectivity index (χ2n) is 9.15. The number of hydrogen-bond donors (Lipinski definition) is 2. The first-order valence-corrected chi connectivity index (χ1v) is 11.8. The molecule has 0 spiro atoms. The number of H-pyrrole nitrogens is 1. The Balaban J connectivity index is 1.30. The molecule has 2 aromatic heterocycles. The van der Waals surface area contributed by atoms with E-state index in [1.165, 1.54) is 16.7 Å². The van der Waals surface area contributed by atoms with Crippen LogP contribution >= 0.6 is 0 Å². The number of piperidine rings is 1. The van der Waals surface area contributed by atoms with Crippen LogP contribution in [0, 0.1) is 0 Å². The number of rotatable bonds is 7. The monoisotopic (exact) mass is 566 g/mol. The number of ether oxygens (including phenoxy) is 2. The number of likely N-dealkylation sites (tertiary alicyclic amines) is 1. The summed E-state index contributed by atoms with van der Waals surface area (Å²) < 4.78 is 88.6. The minimum Gasteiger partial charge on any atom is -0.486 e. The van der Waals surface area contributed by atoms with E-state index in [4.69, 9.17) is 9.47 Å². The predicted molar refractivity (Wildman–Crippen MR) is 120 cm³/mol. The van der Waals surface area contributed by atoms with Crippen molar-refractivity contribution in [2.45, 2.75) is 56.5 Å². The predicted octanol–water partition coefficient (Wildman–Crippen LogP) is 1.62. The molecular formula is C22H24F6N6O5. The van der Waals surface area contributed by atoms with Gasteiger partial charge in [0.15, 0.2) is 11.3 Å². The van der Waals surface area contributed by atoms with Crippen LogP contribution in [0.25, 0.3) is 0 Å². The van der Waals surface area contributed by atoms with Crippen LogP contribution < -0.4 is 15.2 Å².